The quantitative estimate of drug-likeness (QED) is 0.0791. The van der Waals surface area contributed by atoms with Crippen LogP contribution in [0.4, 0.5) is 5.69 Å². The van der Waals surface area contributed by atoms with Gasteiger partial charge in [0.05, 0.1) is 12.7 Å². The smallest absolute Gasteiger partial charge is 0.449 e. The van der Waals surface area contributed by atoms with Gasteiger partial charge in [-0.15, -0.1) is 4.58 Å². The molecule has 0 amide bonds. The Hall–Kier alpha value is -4.04. The predicted octanol–water partition coefficient (Wildman–Crippen LogP) is -6.37. The number of fused-ring (bicyclic) bond motifs is 2. The molecule has 0 unspecified atom stereocenters. The van der Waals surface area contributed by atoms with E-state index in [0.29, 0.717) is 0 Å². The minimum absolute atomic E-state index is 0.000781. The molecular formula is C32H35N2O18+. The number of aliphatic hydroxyl groups is 16. The number of benzene rings is 2. The van der Waals surface area contributed by atoms with E-state index < -0.39 is 69.6 Å². The van der Waals surface area contributed by atoms with Crippen molar-refractivity contribution in [3.8, 4) is 0 Å². The number of anilines is 1. The van der Waals surface area contributed by atoms with Crippen molar-refractivity contribution in [3.05, 3.63) is 94.1 Å². The van der Waals surface area contributed by atoms with E-state index in [1.807, 2.05) is 0 Å². The van der Waals surface area contributed by atoms with Gasteiger partial charge in [0.1, 0.15) is 0 Å². The molecule has 20 heteroatoms. The lowest BCUT2D eigenvalue weighted by molar-refractivity contribution is -0.816. The molecule has 4 aliphatic rings. The molecule has 280 valence electrons. The Morgan fingerprint density at radius 3 is 1.71 bits per heavy atom. The third-order valence-electron chi connectivity index (χ3n) is 10.1. The van der Waals surface area contributed by atoms with Crippen LogP contribution in [0.15, 0.2) is 71.8 Å². The van der Waals surface area contributed by atoms with Gasteiger partial charge in [-0.3, -0.25) is 4.90 Å². The van der Waals surface area contributed by atoms with Crippen molar-refractivity contribution in [1.29, 1.82) is 0 Å². The van der Waals surface area contributed by atoms with Crippen LogP contribution in [0, 0.1) is 0 Å². The second kappa shape index (κ2) is 10.6. The zero-order valence-electron chi connectivity index (χ0n) is 27.1. The summed E-state index contributed by atoms with van der Waals surface area (Å²) in [7, 11) is 1.12. The molecule has 2 aliphatic carbocycles. The Bertz CT molecular complexity index is 2000. The Morgan fingerprint density at radius 2 is 1.19 bits per heavy atom. The average molecular weight is 736 g/mol. The van der Waals surface area contributed by atoms with E-state index >= 15 is 0 Å². The third-order valence-corrected chi connectivity index (χ3v) is 10.1. The van der Waals surface area contributed by atoms with E-state index in [9.17, 15) is 86.5 Å². The molecule has 2 aromatic rings. The SMILES string of the molecule is COC(=O)c1ccccc1C1=C2C=CC(=[N+]3C(O)(O)C(O)(O)C(O)(O)C3(O)O)C=C2C(C)(C)c2cc(N3C(O)(O)C(O)(O)C(O)(O)C3(O)O)ccc21. The van der Waals surface area contributed by atoms with Crippen molar-refractivity contribution >= 4 is 22.9 Å². The summed E-state index contributed by atoms with van der Waals surface area (Å²) < 4.78 is 4.63. The van der Waals surface area contributed by atoms with Crippen LogP contribution in [0.2, 0.25) is 0 Å². The maximum Gasteiger partial charge on any atom is 0.449 e. The first-order chi connectivity index (χ1) is 23.5. The van der Waals surface area contributed by atoms with E-state index in [1.165, 1.54) is 44.2 Å². The zero-order chi connectivity index (χ0) is 39.2. The molecule has 16 N–H and O–H groups in total. The summed E-state index contributed by atoms with van der Waals surface area (Å²) in [4.78, 5) is 12.6. The molecule has 0 radical (unpaired) electrons. The van der Waals surface area contributed by atoms with E-state index in [4.69, 9.17) is 4.74 Å². The highest BCUT2D eigenvalue weighted by molar-refractivity contribution is 6.08. The molecule has 2 aromatic carbocycles. The fourth-order valence-corrected chi connectivity index (χ4v) is 7.10. The first-order valence-corrected chi connectivity index (χ1v) is 15.0. The highest BCUT2D eigenvalue weighted by Gasteiger charge is 2.90. The lowest BCUT2D eigenvalue weighted by atomic mass is 9.64. The Kier molecular flexibility index (Phi) is 7.65. The molecule has 0 atom stereocenters. The minimum atomic E-state index is -4.42. The summed E-state index contributed by atoms with van der Waals surface area (Å²) in [6.07, 6.45) is 3.30. The molecule has 6 rings (SSSR count). The maximum atomic E-state index is 13.0. The maximum absolute atomic E-state index is 13.0. The van der Waals surface area contributed by atoms with Gasteiger partial charge in [-0.25, -0.2) is 4.79 Å². The second-order valence-electron chi connectivity index (χ2n) is 13.4. The standard InChI is InChI=1S/C32H35N2O18/c1-24(2)20-12-14(33-29(44,45)25(36,37)26(38,39)30(33,46)47)8-10-18(20)22(16-6-4-5-7-17(16)23(35)52-3)19-11-9-15(13-21(19)24)34-31(48,49)27(40,41)28(42,43)32(34,50)51/h4-13,36-51H,1-3H3/q+1. The van der Waals surface area contributed by atoms with E-state index in [0.717, 1.165) is 31.4 Å². The van der Waals surface area contributed by atoms with E-state index in [2.05, 4.69) is 0 Å². The van der Waals surface area contributed by atoms with Crippen LogP contribution in [0.25, 0.3) is 5.57 Å². The number of carbonyl (C=O) groups excluding carboxylic acids is 1. The van der Waals surface area contributed by atoms with Crippen LogP contribution >= 0.6 is 0 Å². The van der Waals surface area contributed by atoms with Crippen LogP contribution in [0.5, 0.6) is 0 Å². The van der Waals surface area contributed by atoms with Gasteiger partial charge in [0.2, 0.25) is 5.71 Å². The molecule has 0 spiro atoms. The van der Waals surface area contributed by atoms with Gasteiger partial charge in [-0.05, 0) is 57.7 Å². The highest BCUT2D eigenvalue weighted by Crippen LogP contribution is 2.55. The van der Waals surface area contributed by atoms with Crippen molar-refractivity contribution < 1.29 is 95.8 Å². The summed E-state index contributed by atoms with van der Waals surface area (Å²) in [6.45, 7) is 2.99. The number of carbonyl (C=O) groups is 1. The molecule has 52 heavy (non-hydrogen) atoms. The van der Waals surface area contributed by atoms with Gasteiger partial charge in [-0.2, -0.15) is 0 Å². The van der Waals surface area contributed by atoms with Gasteiger partial charge in [0.15, 0.2) is 0 Å². The summed E-state index contributed by atoms with van der Waals surface area (Å²) in [5.74, 6) is -35.3. The molecular weight excluding hydrogens is 700 g/mol. The molecule has 0 aromatic heterocycles. The van der Waals surface area contributed by atoms with Crippen molar-refractivity contribution in [2.45, 2.75) is 66.1 Å². The summed E-state index contributed by atoms with van der Waals surface area (Å²) in [6, 6.07) is 9.28. The lowest BCUT2D eigenvalue weighted by Crippen LogP contribution is -2.66. The summed E-state index contributed by atoms with van der Waals surface area (Å²) in [5.41, 5.74) is -1.90. The van der Waals surface area contributed by atoms with Gasteiger partial charge in [-0.1, -0.05) is 38.1 Å². The average Bonchev–Trinajstić information content (AvgIpc) is 3.16. The highest BCUT2D eigenvalue weighted by atomic mass is 16.7. The van der Waals surface area contributed by atoms with E-state index in [1.54, 1.807) is 6.07 Å². The van der Waals surface area contributed by atoms with Gasteiger partial charge < -0.3 is 86.4 Å². The number of rotatable bonds is 3. The number of hydrogen-bond acceptors (Lipinski definition) is 19. The van der Waals surface area contributed by atoms with Crippen molar-refractivity contribution in [2.75, 3.05) is 12.0 Å². The zero-order valence-corrected chi connectivity index (χ0v) is 27.1. The van der Waals surface area contributed by atoms with Crippen LogP contribution in [0.3, 0.4) is 0 Å². The van der Waals surface area contributed by atoms with Crippen molar-refractivity contribution in [3.63, 3.8) is 0 Å². The van der Waals surface area contributed by atoms with Crippen molar-refractivity contribution in [1.82, 2.24) is 0 Å². The topological polar surface area (TPSA) is 356 Å². The van der Waals surface area contributed by atoms with Crippen LogP contribution < -0.4 is 4.90 Å². The van der Waals surface area contributed by atoms with Gasteiger partial charge in [0.25, 0.3) is 0 Å². The fourth-order valence-electron chi connectivity index (χ4n) is 7.10. The molecule has 0 saturated carbocycles. The number of esters is 1. The fraction of sp³-hybridized carbons (Fsp3) is 0.375. The Morgan fingerprint density at radius 1 is 0.673 bits per heavy atom. The molecule has 20 nitrogen and oxygen atoms in total. The first kappa shape index (κ1) is 37.7. The molecule has 2 aliphatic heterocycles. The molecule has 2 fully saturated rings. The van der Waals surface area contributed by atoms with Gasteiger partial charge >= 0.3 is 52.8 Å². The molecule has 0 bridgehead atoms. The minimum Gasteiger partial charge on any atom is -0.465 e. The van der Waals surface area contributed by atoms with Crippen molar-refractivity contribution in [2.24, 2.45) is 0 Å². The Balaban J connectivity index is 1.70. The number of hydrogen-bond donors (Lipinski definition) is 16. The van der Waals surface area contributed by atoms with Gasteiger partial charge in [0, 0.05) is 23.3 Å². The van der Waals surface area contributed by atoms with Crippen LogP contribution in [0.1, 0.15) is 40.9 Å². The van der Waals surface area contributed by atoms with Crippen LogP contribution in [-0.2, 0) is 10.2 Å². The third kappa shape index (κ3) is 4.19. The largest absolute Gasteiger partial charge is 0.465 e. The number of nitrogens with zero attached hydrogens (tertiary/aromatic N) is 2. The second-order valence-corrected chi connectivity index (χ2v) is 13.4. The monoisotopic (exact) mass is 735 g/mol. The predicted molar refractivity (Wildman–Crippen MR) is 166 cm³/mol. The molecule has 2 saturated heterocycles. The lowest BCUT2D eigenvalue weighted by Gasteiger charge is -2.41. The van der Waals surface area contributed by atoms with Crippen LogP contribution in [-0.4, -0.2) is 152 Å². The Labute approximate surface area is 291 Å². The number of ether oxygens (including phenoxy) is 1. The normalized spacial score (nSPS) is 26.1. The summed E-state index contributed by atoms with van der Waals surface area (Å²) >= 11 is 0. The number of allylic oxidation sites excluding steroid dienone is 5. The summed E-state index contributed by atoms with van der Waals surface area (Å²) in [5, 5.41) is 168. The number of methoxy groups -OCH3 is 1. The van der Waals surface area contributed by atoms with E-state index in [-0.39, 0.29) is 48.4 Å². The molecule has 2 heterocycles. The first-order valence-electron chi connectivity index (χ1n) is 15.0.